The van der Waals surface area contributed by atoms with Gasteiger partial charge in [0.25, 0.3) is 0 Å². The molecule has 0 aliphatic heterocycles. The van der Waals surface area contributed by atoms with Crippen LogP contribution in [0.2, 0.25) is 0 Å². The molecule has 4 heteroatoms. The van der Waals surface area contributed by atoms with Crippen molar-refractivity contribution in [3.63, 3.8) is 0 Å². The molecule has 46 valence electrons. The van der Waals surface area contributed by atoms with E-state index in [-0.39, 0.29) is 74.1 Å². The van der Waals surface area contributed by atoms with Crippen molar-refractivity contribution in [2.45, 2.75) is 13.3 Å². The predicted octanol–water partition coefficient (Wildman–Crippen LogP) is -5.14. The maximum Gasteiger partial charge on any atom is 2.00 e. The second-order valence-electron chi connectivity index (χ2n) is 0.500. The van der Waals surface area contributed by atoms with Crippen LogP contribution in [0.15, 0.2) is 0 Å². The Kier molecular flexibility index (Phi) is 205. The molecule has 0 aromatic carbocycles. The van der Waals surface area contributed by atoms with Gasteiger partial charge in [-0.25, -0.2) is 0 Å². The summed E-state index contributed by atoms with van der Waals surface area (Å²) < 4.78 is 0. The van der Waals surface area contributed by atoms with E-state index in [2.05, 4.69) is 6.92 Å². The largest absolute Gasteiger partial charge is 2.00 e. The zero-order valence-corrected chi connectivity index (χ0v) is 9.71. The molecule has 0 atom stereocenters. The monoisotopic (exact) mass is 288 g/mol. The van der Waals surface area contributed by atoms with Crippen LogP contribution in [-0.4, -0.2) is 23.1 Å². The quantitative estimate of drug-likeness (QED) is 0.309. The molecule has 0 unspecified atom stereocenters. The van der Waals surface area contributed by atoms with E-state index in [0.717, 1.165) is 6.42 Å². The molecule has 0 rings (SSSR count). The second kappa shape index (κ2) is 41.1. The minimum Gasteiger partial charge on any atom is -1.00 e. The fraction of sp³-hybridized carbons (Fsp3) is 0.667. The van der Waals surface area contributed by atoms with E-state index in [1.165, 1.54) is 0 Å². The van der Waals surface area contributed by atoms with Crippen LogP contribution in [0.4, 0.5) is 0 Å². The van der Waals surface area contributed by atoms with E-state index in [1.807, 2.05) is 6.92 Å². The smallest absolute Gasteiger partial charge is 1.00 e. The van der Waals surface area contributed by atoms with Crippen molar-refractivity contribution < 1.29 is 51.0 Å². The van der Waals surface area contributed by atoms with Gasteiger partial charge in [-0.05, 0) is 0 Å². The van der Waals surface area contributed by atoms with Gasteiger partial charge in [-0.3, -0.25) is 0 Å². The summed E-state index contributed by atoms with van der Waals surface area (Å²) in [6.45, 7) is 5.50. The van der Waals surface area contributed by atoms with Crippen molar-refractivity contribution >= 4 is 23.1 Å². The van der Waals surface area contributed by atoms with E-state index in [1.54, 1.807) is 0 Å². The molecular formula is C3H7Br2CuMg. The summed E-state index contributed by atoms with van der Waals surface area (Å²) in [5, 5.41) is 0. The van der Waals surface area contributed by atoms with Crippen LogP contribution in [0.1, 0.15) is 13.3 Å². The van der Waals surface area contributed by atoms with E-state index >= 15 is 0 Å². The Morgan fingerprint density at radius 2 is 1.29 bits per heavy atom. The molecule has 0 aromatic rings. The summed E-state index contributed by atoms with van der Waals surface area (Å²) in [6, 6.07) is 0. The Balaban J connectivity index is -0.00000000333. The Labute approximate surface area is 93.4 Å². The normalized spacial score (nSPS) is 2.57. The number of halogens is 2. The average Bonchev–Trinajstić information content (AvgIpc) is 0.918. The van der Waals surface area contributed by atoms with Crippen molar-refractivity contribution in [1.29, 1.82) is 0 Å². The molecule has 0 spiro atoms. The molecule has 0 fully saturated rings. The Morgan fingerprint density at radius 1 is 1.29 bits per heavy atom. The third-order valence-electron chi connectivity index (χ3n) is 0. The molecule has 0 heterocycles. The van der Waals surface area contributed by atoms with E-state index in [0.29, 0.717) is 0 Å². The summed E-state index contributed by atoms with van der Waals surface area (Å²) in [5.41, 5.74) is 0. The predicted molar refractivity (Wildman–Crippen MR) is 21.4 cm³/mol. The van der Waals surface area contributed by atoms with Crippen molar-refractivity contribution in [2.75, 3.05) is 0 Å². The van der Waals surface area contributed by atoms with Crippen LogP contribution in [0.25, 0.3) is 0 Å². The molecule has 0 aliphatic rings. The van der Waals surface area contributed by atoms with Crippen molar-refractivity contribution in [3.05, 3.63) is 6.92 Å². The molecule has 0 N–H and O–H groups in total. The van der Waals surface area contributed by atoms with E-state index < -0.39 is 0 Å². The molecular weight excluding hydrogens is 284 g/mol. The van der Waals surface area contributed by atoms with Crippen LogP contribution >= 0.6 is 0 Å². The minimum atomic E-state index is 0. The molecule has 0 nitrogen and oxygen atoms in total. The third kappa shape index (κ3) is 63.8. The van der Waals surface area contributed by atoms with Gasteiger partial charge in [0.05, 0.1) is 0 Å². The van der Waals surface area contributed by atoms with Gasteiger partial charge in [-0.1, -0.05) is 6.92 Å². The van der Waals surface area contributed by atoms with Crippen LogP contribution in [0, 0.1) is 6.92 Å². The maximum absolute atomic E-state index is 3.49. The molecule has 0 aromatic heterocycles. The summed E-state index contributed by atoms with van der Waals surface area (Å²) in [7, 11) is 0. The van der Waals surface area contributed by atoms with Gasteiger partial charge < -0.3 is 40.9 Å². The first-order chi connectivity index (χ1) is 1.41. The fourth-order valence-electron chi connectivity index (χ4n) is 0. The topological polar surface area (TPSA) is 0 Å². The molecule has 0 saturated heterocycles. The minimum absolute atomic E-state index is 0. The van der Waals surface area contributed by atoms with Crippen molar-refractivity contribution in [1.82, 2.24) is 0 Å². The van der Waals surface area contributed by atoms with Gasteiger partial charge in [-0.2, -0.15) is 6.42 Å². The van der Waals surface area contributed by atoms with Gasteiger partial charge in [-0.15, -0.1) is 0 Å². The van der Waals surface area contributed by atoms with Crippen LogP contribution in [0.3, 0.4) is 0 Å². The Bertz CT molecular complexity index is 12.9. The Hall–Kier alpha value is 2.25. The standard InChI is InChI=1S/C3H7.2BrH.Cu.Mg/c1-3-2;;;;/h1,3H2,2H3;2*1H;;/q-1;;;+1;+2/p-2. The van der Waals surface area contributed by atoms with Crippen LogP contribution < -0.4 is 34.0 Å². The summed E-state index contributed by atoms with van der Waals surface area (Å²) in [4.78, 5) is 0. The molecule has 0 amide bonds. The van der Waals surface area contributed by atoms with Gasteiger partial charge in [0.1, 0.15) is 0 Å². The molecule has 0 aliphatic carbocycles. The second-order valence-corrected chi connectivity index (χ2v) is 0.500. The van der Waals surface area contributed by atoms with Crippen LogP contribution in [-0.2, 0) is 17.1 Å². The van der Waals surface area contributed by atoms with E-state index in [9.17, 15) is 0 Å². The summed E-state index contributed by atoms with van der Waals surface area (Å²) >= 11 is 0. The molecule has 0 bridgehead atoms. The summed E-state index contributed by atoms with van der Waals surface area (Å²) in [6.07, 6.45) is 1.00. The average molecular weight is 291 g/mol. The number of hydrogen-bond acceptors (Lipinski definition) is 0. The van der Waals surface area contributed by atoms with Crippen molar-refractivity contribution in [2.24, 2.45) is 0 Å². The number of rotatable bonds is 0. The van der Waals surface area contributed by atoms with Crippen molar-refractivity contribution in [3.8, 4) is 0 Å². The summed E-state index contributed by atoms with van der Waals surface area (Å²) in [5.74, 6) is 0. The first kappa shape index (κ1) is 34.9. The van der Waals surface area contributed by atoms with Crippen LogP contribution in [0.5, 0.6) is 0 Å². The first-order valence-corrected chi connectivity index (χ1v) is 1.21. The van der Waals surface area contributed by atoms with Gasteiger partial charge in [0, 0.05) is 0 Å². The molecule has 7 heavy (non-hydrogen) atoms. The molecule has 0 saturated carbocycles. The Morgan fingerprint density at radius 3 is 1.29 bits per heavy atom. The third-order valence-corrected chi connectivity index (χ3v) is 0. The zero-order valence-electron chi connectivity index (χ0n) is 4.18. The first-order valence-electron chi connectivity index (χ1n) is 1.21. The van der Waals surface area contributed by atoms with Gasteiger partial charge >= 0.3 is 40.1 Å². The maximum atomic E-state index is 3.49. The number of hydrogen-bond donors (Lipinski definition) is 0. The van der Waals surface area contributed by atoms with E-state index in [4.69, 9.17) is 0 Å². The molecule has 0 radical (unpaired) electrons. The SMILES string of the molecule is [Br-].[Br-].[CH2-]CC.[Cu+].[Mg+2]. The van der Waals surface area contributed by atoms with Gasteiger partial charge in [0.15, 0.2) is 0 Å². The fourth-order valence-corrected chi connectivity index (χ4v) is 0. The zero-order chi connectivity index (χ0) is 2.71. The van der Waals surface area contributed by atoms with Gasteiger partial charge in [0.2, 0.25) is 0 Å².